The third-order valence-corrected chi connectivity index (χ3v) is 13.0. The number of carbonyl (C=O) groups is 3. The highest BCUT2D eigenvalue weighted by Gasteiger charge is 2.66. The van der Waals surface area contributed by atoms with Gasteiger partial charge in [0, 0.05) is 48.1 Å². The summed E-state index contributed by atoms with van der Waals surface area (Å²) in [6.07, 6.45) is 3.19. The van der Waals surface area contributed by atoms with E-state index in [0.29, 0.717) is 35.7 Å². The molecule has 3 amide bonds. The summed E-state index contributed by atoms with van der Waals surface area (Å²) >= 11 is 0. The predicted octanol–water partition coefficient (Wildman–Crippen LogP) is 4.27. The summed E-state index contributed by atoms with van der Waals surface area (Å²) in [5.41, 5.74) is 1.42. The van der Waals surface area contributed by atoms with Gasteiger partial charge in [0.15, 0.2) is 5.60 Å². The van der Waals surface area contributed by atoms with Crippen LogP contribution in [0.4, 0.5) is 21.2 Å². The second-order valence-electron chi connectivity index (χ2n) is 14.2. The van der Waals surface area contributed by atoms with E-state index in [2.05, 4.69) is 21.3 Å². The Morgan fingerprint density at radius 3 is 2.15 bits per heavy atom. The number of hydrogen-bond acceptors (Lipinski definition) is 7. The van der Waals surface area contributed by atoms with Crippen LogP contribution in [0.3, 0.4) is 0 Å². The van der Waals surface area contributed by atoms with Gasteiger partial charge in [-0.2, -0.15) is 0 Å². The number of halogens is 1. The van der Waals surface area contributed by atoms with Crippen molar-refractivity contribution >= 4 is 43.2 Å². The summed E-state index contributed by atoms with van der Waals surface area (Å²) in [5, 5.41) is 22.5. The van der Waals surface area contributed by atoms with Crippen molar-refractivity contribution in [2.24, 2.45) is 17.8 Å². The fourth-order valence-electron chi connectivity index (χ4n) is 8.20. The Labute approximate surface area is 277 Å². The van der Waals surface area contributed by atoms with E-state index in [1.54, 1.807) is 24.1 Å². The van der Waals surface area contributed by atoms with Gasteiger partial charge in [0.25, 0.3) is 5.91 Å². The van der Waals surface area contributed by atoms with Gasteiger partial charge in [-0.05, 0) is 94.2 Å². The van der Waals surface area contributed by atoms with Crippen molar-refractivity contribution in [1.82, 2.24) is 10.6 Å². The summed E-state index contributed by atoms with van der Waals surface area (Å²) in [6, 6.07) is 13.0. The zero-order valence-corrected chi connectivity index (χ0v) is 28.6. The van der Waals surface area contributed by atoms with Crippen molar-refractivity contribution in [3.05, 3.63) is 53.6 Å². The molecule has 3 saturated heterocycles. The Morgan fingerprint density at radius 2 is 1.60 bits per heavy atom. The second kappa shape index (κ2) is 13.8. The van der Waals surface area contributed by atoms with E-state index in [9.17, 15) is 19.5 Å². The van der Waals surface area contributed by atoms with E-state index >= 15 is 4.11 Å². The molecule has 10 nitrogen and oxygen atoms in total. The van der Waals surface area contributed by atoms with Gasteiger partial charge in [0.1, 0.15) is 0 Å². The van der Waals surface area contributed by atoms with E-state index < -0.39 is 31.6 Å². The number of rotatable bonds is 9. The van der Waals surface area contributed by atoms with Gasteiger partial charge in [-0.3, -0.25) is 14.4 Å². The normalized spacial score (nSPS) is 29.2. The van der Waals surface area contributed by atoms with Gasteiger partial charge in [-0.15, -0.1) is 0 Å². The predicted molar refractivity (Wildman–Crippen MR) is 182 cm³/mol. The van der Waals surface area contributed by atoms with Crippen molar-refractivity contribution in [2.75, 3.05) is 48.3 Å². The Bertz CT molecular complexity index is 1470. The van der Waals surface area contributed by atoms with Crippen LogP contribution in [0.15, 0.2) is 42.5 Å². The fraction of sp³-hybridized carbons (Fsp3) is 0.571. The molecule has 3 fully saturated rings. The monoisotopic (exact) mass is 665 g/mol. The Kier molecular flexibility index (Phi) is 9.87. The van der Waals surface area contributed by atoms with E-state index in [1.807, 2.05) is 43.3 Å². The molecule has 0 bridgehead atoms. The van der Waals surface area contributed by atoms with Crippen LogP contribution in [-0.2, 0) is 31.3 Å². The molecule has 2 unspecified atom stereocenters. The van der Waals surface area contributed by atoms with Crippen molar-refractivity contribution in [2.45, 2.75) is 75.9 Å². The first-order valence-corrected chi connectivity index (χ1v) is 20.0. The first-order chi connectivity index (χ1) is 22.5. The molecule has 2 aromatic rings. The van der Waals surface area contributed by atoms with Crippen LogP contribution in [0, 0.1) is 17.8 Å². The quantitative estimate of drug-likeness (QED) is 0.200. The SMILES string of the molecule is C[C@@H]1[C@@H]([Si](C)(C)F)[C@H](CCO)O[C@@]12C(=O)N(Cc1ccc(NC(=O)C3CCCNC3)cc1)c1ccc(NC(=O)C3CCCNC3)cc12. The van der Waals surface area contributed by atoms with Crippen molar-refractivity contribution < 1.29 is 28.3 Å². The molecule has 4 aliphatic heterocycles. The van der Waals surface area contributed by atoms with Gasteiger partial charge in [-0.25, -0.2) is 0 Å². The maximum absolute atomic E-state index is 16.0. The summed E-state index contributed by atoms with van der Waals surface area (Å²) in [5.74, 6) is -1.05. The van der Waals surface area contributed by atoms with Crippen LogP contribution in [0.2, 0.25) is 18.6 Å². The summed E-state index contributed by atoms with van der Waals surface area (Å²) in [7, 11) is -3.35. The average Bonchev–Trinajstić information content (AvgIpc) is 3.49. The van der Waals surface area contributed by atoms with Crippen LogP contribution >= 0.6 is 0 Å². The van der Waals surface area contributed by atoms with Crippen molar-refractivity contribution in [1.29, 1.82) is 0 Å². The summed E-state index contributed by atoms with van der Waals surface area (Å²) in [4.78, 5) is 42.3. The van der Waals surface area contributed by atoms with Crippen LogP contribution in [0.1, 0.15) is 50.2 Å². The Hall–Kier alpha value is -3.16. The summed E-state index contributed by atoms with van der Waals surface area (Å²) in [6.45, 7) is 8.37. The lowest BCUT2D eigenvalue weighted by molar-refractivity contribution is -0.146. The zero-order chi connectivity index (χ0) is 33.3. The molecule has 4 aliphatic rings. The maximum atomic E-state index is 16.0. The molecule has 0 radical (unpaired) electrons. The lowest BCUT2D eigenvalue weighted by atomic mass is 9.82. The smallest absolute Gasteiger partial charge is 0.264 e. The molecular weight excluding hydrogens is 617 g/mol. The molecule has 0 saturated carbocycles. The highest BCUT2D eigenvalue weighted by molar-refractivity contribution is 6.72. The van der Waals surface area contributed by atoms with E-state index in [-0.39, 0.29) is 49.1 Å². The minimum Gasteiger partial charge on any atom is -0.396 e. The number of fused-ring (bicyclic) bond motifs is 2. The highest BCUT2D eigenvalue weighted by atomic mass is 28.4. The number of carbonyl (C=O) groups excluding carboxylic acids is 3. The van der Waals surface area contributed by atoms with Crippen LogP contribution in [-0.4, -0.2) is 70.1 Å². The number of anilines is 3. The van der Waals surface area contributed by atoms with Crippen LogP contribution in [0.25, 0.3) is 0 Å². The van der Waals surface area contributed by atoms with Crippen molar-refractivity contribution in [3.8, 4) is 0 Å². The molecule has 6 rings (SSSR count). The molecule has 1 spiro atoms. The lowest BCUT2D eigenvalue weighted by Crippen LogP contribution is -2.45. The van der Waals surface area contributed by atoms with E-state index in [0.717, 1.165) is 44.3 Å². The van der Waals surface area contributed by atoms with Crippen molar-refractivity contribution in [3.63, 3.8) is 0 Å². The number of piperidine rings is 2. The number of amides is 3. The van der Waals surface area contributed by atoms with Gasteiger partial charge in [0.2, 0.25) is 20.2 Å². The number of nitrogens with zero attached hydrogens (tertiary/aromatic N) is 1. The minimum absolute atomic E-state index is 0.00289. The number of aliphatic hydroxyl groups is 1. The molecule has 4 heterocycles. The minimum atomic E-state index is -3.35. The van der Waals surface area contributed by atoms with E-state index in [1.165, 1.54) is 0 Å². The molecule has 2 aromatic carbocycles. The lowest BCUT2D eigenvalue weighted by Gasteiger charge is -2.31. The number of nitrogens with one attached hydrogen (secondary N) is 4. The highest BCUT2D eigenvalue weighted by Crippen LogP contribution is 2.60. The molecule has 47 heavy (non-hydrogen) atoms. The molecule has 254 valence electrons. The van der Waals surface area contributed by atoms with Crippen LogP contribution in [0.5, 0.6) is 0 Å². The van der Waals surface area contributed by atoms with Gasteiger partial charge < -0.3 is 40.1 Å². The number of aliphatic hydroxyl groups excluding tert-OH is 1. The largest absolute Gasteiger partial charge is 0.396 e. The molecule has 6 atom stereocenters. The molecule has 5 N–H and O–H groups in total. The number of ether oxygens (including phenoxy) is 1. The molecule has 12 heteroatoms. The fourth-order valence-corrected chi connectivity index (χ4v) is 10.7. The Balaban J connectivity index is 1.29. The first kappa shape index (κ1) is 33.7. The zero-order valence-electron chi connectivity index (χ0n) is 27.6. The average molecular weight is 666 g/mol. The third-order valence-electron chi connectivity index (χ3n) is 10.5. The van der Waals surface area contributed by atoms with Gasteiger partial charge in [-0.1, -0.05) is 19.1 Å². The van der Waals surface area contributed by atoms with Crippen LogP contribution < -0.4 is 26.2 Å². The third kappa shape index (κ3) is 6.63. The van der Waals surface area contributed by atoms with Gasteiger partial charge in [0.05, 0.1) is 30.2 Å². The topological polar surface area (TPSA) is 132 Å². The molecule has 0 aromatic heterocycles. The second-order valence-corrected chi connectivity index (χ2v) is 18.0. The van der Waals surface area contributed by atoms with Gasteiger partial charge >= 0.3 is 0 Å². The maximum Gasteiger partial charge on any atom is 0.264 e. The molecule has 0 aliphatic carbocycles. The van der Waals surface area contributed by atoms with E-state index in [4.69, 9.17) is 4.74 Å². The number of benzene rings is 2. The first-order valence-electron chi connectivity index (χ1n) is 17.1. The summed E-state index contributed by atoms with van der Waals surface area (Å²) < 4.78 is 22.6. The number of hydrogen-bond donors (Lipinski definition) is 5. The molecular formula is C35H48FN5O5Si. The Morgan fingerprint density at radius 1 is 1.00 bits per heavy atom. The standard InChI is InChI=1S/C35H48FN5O5Si/c1-22-31(47(2,3)36)30(14-17-42)46-35(22)28-18-27(40-33(44)25-7-5-16-38-20-25)12-13-29(28)41(34(35)45)21-23-8-10-26(11-9-23)39-32(43)24-6-4-15-37-19-24/h8-13,18,22,24-25,30-31,37-38,42H,4-7,14-17,19-21H2,1-3H3,(H,39,43)(H,40,44)/t22-,24?,25?,30+,31-,35+/m1/s1.